The summed E-state index contributed by atoms with van der Waals surface area (Å²) in [5, 5.41) is 66.6. The number of carbonyl (C=O) groups excluding carboxylic acids is 1. The maximum Gasteiger partial charge on any atom is 0.159 e. The maximum atomic E-state index is 13.3. The second-order valence-corrected chi connectivity index (χ2v) is 13.2. The molecule has 0 aromatic rings. The van der Waals surface area contributed by atoms with Gasteiger partial charge in [0.05, 0.1) is 35.6 Å². The Morgan fingerprint density at radius 3 is 2.31 bits per heavy atom. The molecule has 0 heterocycles. The highest BCUT2D eigenvalue weighted by molar-refractivity contribution is 5.95. The molecule has 4 aliphatic carbocycles. The van der Waals surface area contributed by atoms with Gasteiger partial charge >= 0.3 is 0 Å². The Labute approximate surface area is 215 Å². The van der Waals surface area contributed by atoms with Crippen LogP contribution in [0.1, 0.15) is 92.4 Å². The number of hydrogen-bond acceptors (Lipinski definition) is 7. The first-order chi connectivity index (χ1) is 16.7. The lowest BCUT2D eigenvalue weighted by atomic mass is 9.45. The zero-order valence-electron chi connectivity index (χ0n) is 22.7. The van der Waals surface area contributed by atoms with Crippen LogP contribution in [-0.2, 0) is 4.79 Å². The smallest absolute Gasteiger partial charge is 0.159 e. The molecule has 36 heavy (non-hydrogen) atoms. The summed E-state index contributed by atoms with van der Waals surface area (Å²) in [4.78, 5) is 13.3. The van der Waals surface area contributed by atoms with Gasteiger partial charge in [-0.2, -0.15) is 0 Å². The fraction of sp³-hybridized carbons (Fsp3) is 0.897. The molecule has 0 aliphatic heterocycles. The summed E-state index contributed by atoms with van der Waals surface area (Å²) in [6.07, 6.45) is 2.34. The lowest BCUT2D eigenvalue weighted by molar-refractivity contribution is -0.179. The third kappa shape index (κ3) is 3.95. The van der Waals surface area contributed by atoms with Gasteiger partial charge in [-0.3, -0.25) is 4.79 Å². The molecular weight excluding hydrogens is 460 g/mol. The molecule has 6 N–H and O–H groups in total. The van der Waals surface area contributed by atoms with E-state index in [1.807, 2.05) is 27.7 Å². The normalized spacial score (nSPS) is 45.8. The number of aliphatic hydroxyl groups is 6. The van der Waals surface area contributed by atoms with Crippen LogP contribution in [-0.4, -0.2) is 72.0 Å². The Kier molecular flexibility index (Phi) is 7.38. The average molecular weight is 509 g/mol. The fourth-order valence-electron chi connectivity index (χ4n) is 9.03. The van der Waals surface area contributed by atoms with Crippen LogP contribution in [0.2, 0.25) is 0 Å². The zero-order chi connectivity index (χ0) is 26.8. The number of fused-ring (bicyclic) bond motifs is 5. The van der Waals surface area contributed by atoms with Crippen LogP contribution >= 0.6 is 0 Å². The largest absolute Gasteiger partial charge is 0.393 e. The molecule has 0 aromatic heterocycles. The van der Waals surface area contributed by atoms with E-state index in [2.05, 4.69) is 0 Å². The first-order valence-corrected chi connectivity index (χ1v) is 14.1. The van der Waals surface area contributed by atoms with Gasteiger partial charge in [0.1, 0.15) is 0 Å². The molecule has 11 unspecified atom stereocenters. The Bertz CT molecular complexity index is 881. The van der Waals surface area contributed by atoms with Crippen LogP contribution in [0, 0.1) is 34.5 Å². The SMILES string of the molecule is CCC(CC)C(O)CC(O)C(C)(O)C1CCC2(O)C3=CC(=O)C4CC(O)C(O)CC4(C)C3CCC12C. The van der Waals surface area contributed by atoms with Crippen LogP contribution in [0.4, 0.5) is 0 Å². The molecule has 0 saturated heterocycles. The number of ketones is 1. The third-order valence-corrected chi connectivity index (χ3v) is 11.6. The van der Waals surface area contributed by atoms with E-state index in [1.165, 1.54) is 0 Å². The summed E-state index contributed by atoms with van der Waals surface area (Å²) in [6.45, 7) is 9.63. The van der Waals surface area contributed by atoms with E-state index >= 15 is 0 Å². The number of carbonyl (C=O) groups is 1. The van der Waals surface area contributed by atoms with Gasteiger partial charge in [0, 0.05) is 17.8 Å². The van der Waals surface area contributed by atoms with Crippen molar-refractivity contribution < 1.29 is 35.4 Å². The van der Waals surface area contributed by atoms with Crippen LogP contribution in [0.3, 0.4) is 0 Å². The van der Waals surface area contributed by atoms with E-state index in [9.17, 15) is 35.4 Å². The highest BCUT2D eigenvalue weighted by atomic mass is 16.3. The topological polar surface area (TPSA) is 138 Å². The molecule has 0 bridgehead atoms. The van der Waals surface area contributed by atoms with E-state index in [0.717, 1.165) is 12.8 Å². The van der Waals surface area contributed by atoms with Gasteiger partial charge in [0.2, 0.25) is 0 Å². The second kappa shape index (κ2) is 9.42. The van der Waals surface area contributed by atoms with E-state index in [0.29, 0.717) is 37.7 Å². The summed E-state index contributed by atoms with van der Waals surface area (Å²) in [5.74, 6) is -0.938. The highest BCUT2D eigenvalue weighted by Gasteiger charge is 2.69. The second-order valence-electron chi connectivity index (χ2n) is 13.2. The van der Waals surface area contributed by atoms with Crippen molar-refractivity contribution in [3.63, 3.8) is 0 Å². The number of rotatable bonds is 7. The molecule has 0 radical (unpaired) electrons. The predicted molar refractivity (Wildman–Crippen MR) is 136 cm³/mol. The van der Waals surface area contributed by atoms with Gasteiger partial charge in [-0.15, -0.1) is 0 Å². The van der Waals surface area contributed by atoms with Crippen LogP contribution in [0.15, 0.2) is 11.6 Å². The molecule has 3 fully saturated rings. The fourth-order valence-corrected chi connectivity index (χ4v) is 9.03. The van der Waals surface area contributed by atoms with Crippen molar-refractivity contribution in [1.29, 1.82) is 0 Å². The molecule has 7 heteroatoms. The predicted octanol–water partition coefficient (Wildman–Crippen LogP) is 2.49. The molecule has 4 rings (SSSR count). The van der Waals surface area contributed by atoms with Gasteiger partial charge in [0.15, 0.2) is 5.78 Å². The molecule has 0 spiro atoms. The van der Waals surface area contributed by atoms with E-state index in [4.69, 9.17) is 0 Å². The van der Waals surface area contributed by atoms with Crippen LogP contribution in [0.5, 0.6) is 0 Å². The minimum atomic E-state index is -1.52. The van der Waals surface area contributed by atoms with Gasteiger partial charge in [-0.25, -0.2) is 0 Å². The van der Waals surface area contributed by atoms with Crippen molar-refractivity contribution >= 4 is 5.78 Å². The quantitative estimate of drug-likeness (QED) is 0.311. The summed E-state index contributed by atoms with van der Waals surface area (Å²) in [6, 6.07) is 0. The molecule has 0 aromatic carbocycles. The van der Waals surface area contributed by atoms with E-state index in [-0.39, 0.29) is 36.4 Å². The summed E-state index contributed by atoms with van der Waals surface area (Å²) in [5.41, 5.74) is -3.42. The van der Waals surface area contributed by atoms with Crippen molar-refractivity contribution in [2.75, 3.05) is 0 Å². The van der Waals surface area contributed by atoms with Crippen molar-refractivity contribution in [3.05, 3.63) is 11.6 Å². The third-order valence-electron chi connectivity index (χ3n) is 11.6. The maximum absolute atomic E-state index is 13.3. The van der Waals surface area contributed by atoms with Crippen LogP contribution in [0.25, 0.3) is 0 Å². The zero-order valence-corrected chi connectivity index (χ0v) is 22.7. The van der Waals surface area contributed by atoms with E-state index < -0.39 is 52.4 Å². The number of allylic oxidation sites excluding steroid dienone is 1. The minimum absolute atomic E-state index is 0.0541. The number of aliphatic hydroxyl groups excluding tert-OH is 4. The van der Waals surface area contributed by atoms with E-state index in [1.54, 1.807) is 13.0 Å². The first-order valence-electron chi connectivity index (χ1n) is 14.1. The van der Waals surface area contributed by atoms with Gasteiger partial charge in [0.25, 0.3) is 0 Å². The Hall–Kier alpha value is -0.830. The van der Waals surface area contributed by atoms with Crippen molar-refractivity contribution in [2.45, 2.75) is 128 Å². The summed E-state index contributed by atoms with van der Waals surface area (Å²) >= 11 is 0. The lowest BCUT2D eigenvalue weighted by Crippen LogP contribution is -2.63. The minimum Gasteiger partial charge on any atom is -0.393 e. The summed E-state index contributed by atoms with van der Waals surface area (Å²) in [7, 11) is 0. The Morgan fingerprint density at radius 1 is 1.06 bits per heavy atom. The van der Waals surface area contributed by atoms with Gasteiger partial charge in [-0.1, -0.05) is 40.5 Å². The lowest BCUT2D eigenvalue weighted by Gasteiger charge is -2.60. The molecular formula is C29H48O7. The van der Waals surface area contributed by atoms with Crippen LogP contribution < -0.4 is 0 Å². The molecule has 3 saturated carbocycles. The van der Waals surface area contributed by atoms with Crippen molar-refractivity contribution in [3.8, 4) is 0 Å². The Balaban J connectivity index is 1.64. The first kappa shape index (κ1) is 28.2. The van der Waals surface area contributed by atoms with Gasteiger partial charge < -0.3 is 30.6 Å². The molecule has 206 valence electrons. The molecule has 11 atom stereocenters. The van der Waals surface area contributed by atoms with Crippen molar-refractivity contribution in [2.24, 2.45) is 34.5 Å². The van der Waals surface area contributed by atoms with Gasteiger partial charge in [-0.05, 0) is 80.3 Å². The molecule has 0 amide bonds. The number of hydrogen-bond donors (Lipinski definition) is 6. The highest BCUT2D eigenvalue weighted by Crippen LogP contribution is 2.68. The molecule has 4 aliphatic rings. The average Bonchev–Trinajstić information content (AvgIpc) is 3.08. The Morgan fingerprint density at radius 2 is 1.69 bits per heavy atom. The summed E-state index contributed by atoms with van der Waals surface area (Å²) < 4.78 is 0. The standard InChI is InChI=1S/C29H48O7/c1-6-16(7-2)20(30)14-25(34)28(5,35)24-9-11-29(36)18-12-21(31)19-13-22(32)23(33)15-26(19,3)17(18)8-10-27(24,29)4/h12,16-17,19-20,22-25,30,32-36H,6-11,13-15H2,1-5H3. The molecule has 7 nitrogen and oxygen atoms in total. The monoisotopic (exact) mass is 508 g/mol. The van der Waals surface area contributed by atoms with Crippen molar-refractivity contribution in [1.82, 2.24) is 0 Å².